The lowest BCUT2D eigenvalue weighted by molar-refractivity contribution is 0.271. The van der Waals surface area contributed by atoms with Gasteiger partial charge in [0.2, 0.25) is 5.95 Å². The van der Waals surface area contributed by atoms with E-state index in [0.29, 0.717) is 11.8 Å². The molecule has 0 radical (unpaired) electrons. The summed E-state index contributed by atoms with van der Waals surface area (Å²) < 4.78 is 2.00. The lowest BCUT2D eigenvalue weighted by Crippen LogP contribution is -2.46. The molecular weight excluding hydrogens is 302 g/mol. The average Bonchev–Trinajstić information content (AvgIpc) is 2.95. The molecule has 0 aromatic carbocycles. The zero-order valence-corrected chi connectivity index (χ0v) is 13.6. The highest BCUT2D eigenvalue weighted by Gasteiger charge is 2.21. The molecular formula is C14H22ClN7. The van der Waals surface area contributed by atoms with Crippen LogP contribution in [0.4, 0.5) is 11.8 Å². The normalized spacial score (nSPS) is 16.5. The number of hydrogen-bond acceptors (Lipinski definition) is 6. The first-order valence-electron chi connectivity index (χ1n) is 7.74. The summed E-state index contributed by atoms with van der Waals surface area (Å²) in [6.07, 6.45) is 2.68. The third kappa shape index (κ3) is 2.96. The minimum Gasteiger partial charge on any atom is -0.368 e. The summed E-state index contributed by atoms with van der Waals surface area (Å²) in [5.74, 6) is 1.77. The molecule has 1 aliphatic heterocycles. The molecule has 22 heavy (non-hydrogen) atoms. The fourth-order valence-corrected chi connectivity index (χ4v) is 2.96. The monoisotopic (exact) mass is 323 g/mol. The molecule has 1 fully saturated rings. The van der Waals surface area contributed by atoms with Crippen molar-refractivity contribution in [2.75, 3.05) is 49.2 Å². The molecule has 3 rings (SSSR count). The molecule has 0 amide bonds. The van der Waals surface area contributed by atoms with E-state index in [1.54, 1.807) is 6.33 Å². The summed E-state index contributed by atoms with van der Waals surface area (Å²) in [6.45, 7) is 8.02. The number of imidazole rings is 1. The van der Waals surface area contributed by atoms with Crippen LogP contribution >= 0.6 is 11.6 Å². The number of fused-ring (bicyclic) bond motifs is 1. The molecule has 0 spiro atoms. The van der Waals surface area contributed by atoms with Gasteiger partial charge in [0.15, 0.2) is 17.0 Å². The van der Waals surface area contributed by atoms with E-state index >= 15 is 0 Å². The van der Waals surface area contributed by atoms with Gasteiger partial charge in [-0.25, -0.2) is 4.98 Å². The SMILES string of the molecule is CCN1CCN(c2nc(N)nc3c2ncn3CCCCl)CC1. The second-order valence-corrected chi connectivity index (χ2v) is 5.86. The van der Waals surface area contributed by atoms with Gasteiger partial charge in [0.05, 0.1) is 6.33 Å². The summed E-state index contributed by atoms with van der Waals surface area (Å²) in [5, 5.41) is 0. The molecule has 3 heterocycles. The Morgan fingerprint density at radius 1 is 1.23 bits per heavy atom. The molecule has 0 aliphatic carbocycles. The van der Waals surface area contributed by atoms with Gasteiger partial charge in [-0.1, -0.05) is 6.92 Å². The maximum absolute atomic E-state index is 5.92. The van der Waals surface area contributed by atoms with Crippen molar-refractivity contribution in [3.8, 4) is 0 Å². The van der Waals surface area contributed by atoms with Crippen molar-refractivity contribution in [2.45, 2.75) is 19.9 Å². The second-order valence-electron chi connectivity index (χ2n) is 5.48. The number of likely N-dealkylation sites (N-methyl/N-ethyl adjacent to an activating group) is 1. The van der Waals surface area contributed by atoms with Gasteiger partial charge in [0, 0.05) is 38.6 Å². The highest BCUT2D eigenvalue weighted by molar-refractivity contribution is 6.17. The summed E-state index contributed by atoms with van der Waals surface area (Å²) >= 11 is 5.78. The van der Waals surface area contributed by atoms with Crippen LogP contribution in [0.2, 0.25) is 0 Å². The number of alkyl halides is 1. The smallest absolute Gasteiger partial charge is 0.224 e. The zero-order valence-electron chi connectivity index (χ0n) is 12.9. The van der Waals surface area contributed by atoms with E-state index in [2.05, 4.69) is 31.7 Å². The van der Waals surface area contributed by atoms with Gasteiger partial charge in [0.1, 0.15) is 0 Å². The Morgan fingerprint density at radius 3 is 2.68 bits per heavy atom. The Morgan fingerprint density at radius 2 is 2.00 bits per heavy atom. The van der Waals surface area contributed by atoms with Crippen LogP contribution in [0.1, 0.15) is 13.3 Å². The number of rotatable bonds is 5. The summed E-state index contributed by atoms with van der Waals surface area (Å²) in [4.78, 5) is 18.0. The Hall–Kier alpha value is -1.60. The zero-order chi connectivity index (χ0) is 15.5. The molecule has 0 saturated carbocycles. The van der Waals surface area contributed by atoms with Crippen molar-refractivity contribution in [3.05, 3.63) is 6.33 Å². The molecule has 2 N–H and O–H groups in total. The number of piperazine rings is 1. The van der Waals surface area contributed by atoms with E-state index in [0.717, 1.165) is 62.7 Å². The second kappa shape index (κ2) is 6.66. The number of nitrogen functional groups attached to an aromatic ring is 1. The quantitative estimate of drug-likeness (QED) is 0.833. The topological polar surface area (TPSA) is 76.1 Å². The summed E-state index contributed by atoms with van der Waals surface area (Å²) in [5.41, 5.74) is 7.54. The van der Waals surface area contributed by atoms with Crippen LogP contribution in [-0.2, 0) is 6.54 Å². The lowest BCUT2D eigenvalue weighted by atomic mass is 10.3. The van der Waals surface area contributed by atoms with Crippen LogP contribution < -0.4 is 10.6 Å². The predicted molar refractivity (Wildman–Crippen MR) is 89.4 cm³/mol. The van der Waals surface area contributed by atoms with E-state index in [-0.39, 0.29) is 0 Å². The Labute approximate surface area is 135 Å². The van der Waals surface area contributed by atoms with Crippen LogP contribution in [0.3, 0.4) is 0 Å². The molecule has 8 heteroatoms. The van der Waals surface area contributed by atoms with Crippen LogP contribution in [-0.4, -0.2) is 63.0 Å². The van der Waals surface area contributed by atoms with Gasteiger partial charge in [0.25, 0.3) is 0 Å². The number of anilines is 2. The molecule has 0 atom stereocenters. The maximum Gasteiger partial charge on any atom is 0.224 e. The average molecular weight is 324 g/mol. The van der Waals surface area contributed by atoms with Crippen LogP contribution in [0, 0.1) is 0 Å². The number of halogens is 1. The molecule has 7 nitrogen and oxygen atoms in total. The first-order chi connectivity index (χ1) is 10.7. The standard InChI is InChI=1S/C14H22ClN7/c1-2-20-6-8-21(9-7-20)12-11-13(19-14(16)18-12)22(10-17-11)5-3-4-15/h10H,2-9H2,1H3,(H2,16,18,19). The minimum atomic E-state index is 0.299. The summed E-state index contributed by atoms with van der Waals surface area (Å²) in [7, 11) is 0. The van der Waals surface area contributed by atoms with Gasteiger partial charge < -0.3 is 20.1 Å². The van der Waals surface area contributed by atoms with Crippen LogP contribution in [0.15, 0.2) is 6.33 Å². The van der Waals surface area contributed by atoms with Crippen LogP contribution in [0.5, 0.6) is 0 Å². The molecule has 1 aliphatic rings. The van der Waals surface area contributed by atoms with E-state index < -0.39 is 0 Å². The van der Waals surface area contributed by atoms with Crippen LogP contribution in [0.25, 0.3) is 11.2 Å². The van der Waals surface area contributed by atoms with Crippen molar-refractivity contribution < 1.29 is 0 Å². The minimum absolute atomic E-state index is 0.299. The van der Waals surface area contributed by atoms with Crippen molar-refractivity contribution >= 4 is 34.5 Å². The van der Waals surface area contributed by atoms with E-state index in [4.69, 9.17) is 17.3 Å². The van der Waals surface area contributed by atoms with Crippen molar-refractivity contribution in [3.63, 3.8) is 0 Å². The maximum atomic E-state index is 5.92. The fraction of sp³-hybridized carbons (Fsp3) is 0.643. The van der Waals surface area contributed by atoms with E-state index in [1.807, 2.05) is 4.57 Å². The summed E-state index contributed by atoms with van der Waals surface area (Å²) in [6, 6.07) is 0. The van der Waals surface area contributed by atoms with Gasteiger partial charge >= 0.3 is 0 Å². The number of aromatic nitrogens is 4. The van der Waals surface area contributed by atoms with E-state index in [1.165, 1.54) is 0 Å². The van der Waals surface area contributed by atoms with Gasteiger partial charge in [-0.3, -0.25) is 0 Å². The predicted octanol–water partition coefficient (Wildman–Crippen LogP) is 1.18. The fourth-order valence-electron chi connectivity index (χ4n) is 2.84. The Bertz CT molecular complexity index is 633. The van der Waals surface area contributed by atoms with Crippen molar-refractivity contribution in [1.29, 1.82) is 0 Å². The number of hydrogen-bond donors (Lipinski definition) is 1. The van der Waals surface area contributed by atoms with Gasteiger partial charge in [-0.15, -0.1) is 11.6 Å². The van der Waals surface area contributed by atoms with E-state index in [9.17, 15) is 0 Å². The lowest BCUT2D eigenvalue weighted by Gasteiger charge is -2.34. The molecule has 2 aromatic rings. The molecule has 2 aromatic heterocycles. The first-order valence-corrected chi connectivity index (χ1v) is 8.28. The largest absolute Gasteiger partial charge is 0.368 e. The third-order valence-electron chi connectivity index (χ3n) is 4.11. The number of nitrogens with zero attached hydrogens (tertiary/aromatic N) is 6. The van der Waals surface area contributed by atoms with Gasteiger partial charge in [-0.2, -0.15) is 9.97 Å². The van der Waals surface area contributed by atoms with Gasteiger partial charge in [-0.05, 0) is 13.0 Å². The Balaban J connectivity index is 1.91. The molecule has 0 bridgehead atoms. The Kier molecular flexibility index (Phi) is 4.63. The highest BCUT2D eigenvalue weighted by atomic mass is 35.5. The molecule has 0 unspecified atom stereocenters. The number of aryl methyl sites for hydroxylation is 1. The molecule has 1 saturated heterocycles. The number of nitrogens with two attached hydrogens (primary N) is 1. The van der Waals surface area contributed by atoms with Crippen molar-refractivity contribution in [1.82, 2.24) is 24.4 Å². The first kappa shape index (κ1) is 15.3. The molecule has 120 valence electrons. The highest BCUT2D eigenvalue weighted by Crippen LogP contribution is 2.24. The third-order valence-corrected chi connectivity index (χ3v) is 4.38. The van der Waals surface area contributed by atoms with Crippen molar-refractivity contribution in [2.24, 2.45) is 0 Å².